The fourth-order valence-corrected chi connectivity index (χ4v) is 2.80. The van der Waals surface area contributed by atoms with Gasteiger partial charge in [0, 0.05) is 26.9 Å². The van der Waals surface area contributed by atoms with Crippen molar-refractivity contribution < 1.29 is 23.2 Å². The lowest BCUT2D eigenvalue weighted by molar-refractivity contribution is -0.132. The molecule has 1 N–H and O–H groups in total. The minimum Gasteiger partial charge on any atom is -0.478 e. The zero-order valence-electron chi connectivity index (χ0n) is 10.3. The second kappa shape index (κ2) is 7.56. The Bertz CT molecular complexity index is 239. The maximum absolute atomic E-state index is 11.0. The molecule has 0 atom stereocenters. The van der Waals surface area contributed by atoms with Crippen LogP contribution in [0.4, 0.5) is 0 Å². The molecule has 0 bridgehead atoms. The molecule has 0 aromatic carbocycles. The van der Waals surface area contributed by atoms with Gasteiger partial charge in [0.05, 0.1) is 0 Å². The molecule has 0 amide bonds. The molecule has 0 fully saturated rings. The summed E-state index contributed by atoms with van der Waals surface area (Å²) in [5.41, 5.74) is 1.78. The maximum atomic E-state index is 11.0. The van der Waals surface area contributed by atoms with E-state index in [1.165, 1.54) is 27.0 Å². The number of carboxylic acids is 1. The number of hydrogen-bond donors (Lipinski definition) is 1. The summed E-state index contributed by atoms with van der Waals surface area (Å²) in [4.78, 5) is 11.0. The molecular weight excluding hydrogens is 228 g/mol. The van der Waals surface area contributed by atoms with Crippen LogP contribution in [0.5, 0.6) is 0 Å². The highest BCUT2D eigenvalue weighted by Gasteiger charge is 2.36. The van der Waals surface area contributed by atoms with Crippen LogP contribution in [0, 0.1) is 0 Å². The summed E-state index contributed by atoms with van der Waals surface area (Å²) in [6, 6.07) is 0. The molecule has 0 rings (SSSR count). The first-order valence-corrected chi connectivity index (χ1v) is 6.95. The van der Waals surface area contributed by atoms with E-state index in [9.17, 15) is 4.79 Å². The molecule has 16 heavy (non-hydrogen) atoms. The summed E-state index contributed by atoms with van der Waals surface area (Å²) in [6.45, 7) is 2.01. The number of carboxylic acid groups (broad SMARTS) is 1. The van der Waals surface area contributed by atoms with Gasteiger partial charge in [-0.25, -0.2) is 4.79 Å². The molecule has 0 saturated carbocycles. The highest BCUT2D eigenvalue weighted by Crippen LogP contribution is 2.15. The topological polar surface area (TPSA) is 65.0 Å². The molecule has 94 valence electrons. The van der Waals surface area contributed by atoms with Gasteiger partial charge in [0.15, 0.2) is 0 Å². The summed E-state index contributed by atoms with van der Waals surface area (Å²) in [7, 11) is 1.42. The van der Waals surface area contributed by atoms with E-state index in [0.29, 0.717) is 12.0 Å². The highest BCUT2D eigenvalue weighted by atomic mass is 28.4. The first-order valence-electron chi connectivity index (χ1n) is 5.15. The van der Waals surface area contributed by atoms with Gasteiger partial charge in [-0.3, -0.25) is 0 Å². The summed E-state index contributed by atoms with van der Waals surface area (Å²) >= 11 is 0. The average molecular weight is 248 g/mol. The van der Waals surface area contributed by atoms with Crippen LogP contribution < -0.4 is 0 Å². The Morgan fingerprint density at radius 2 is 1.75 bits per heavy atom. The van der Waals surface area contributed by atoms with Crippen LogP contribution in [0.2, 0.25) is 0 Å². The van der Waals surface area contributed by atoms with E-state index in [1.54, 1.807) is 0 Å². The molecule has 0 saturated heterocycles. The van der Waals surface area contributed by atoms with Crippen molar-refractivity contribution in [2.75, 3.05) is 21.3 Å². The lowest BCUT2D eigenvalue weighted by Gasteiger charge is -2.21. The Hall–Kier alpha value is -0.693. The van der Waals surface area contributed by atoms with Gasteiger partial charge < -0.3 is 18.4 Å². The lowest BCUT2D eigenvalue weighted by atomic mass is 10.1. The van der Waals surface area contributed by atoms with Crippen molar-refractivity contribution in [3.05, 3.63) is 11.3 Å². The van der Waals surface area contributed by atoms with Crippen LogP contribution in [-0.4, -0.2) is 41.2 Å². The van der Waals surface area contributed by atoms with E-state index < -0.39 is 14.8 Å². The molecule has 0 radical (unpaired) electrons. The van der Waals surface area contributed by atoms with Crippen LogP contribution in [0.25, 0.3) is 0 Å². The summed E-state index contributed by atoms with van der Waals surface area (Å²) in [6.07, 6.45) is 2.25. The SMILES string of the molecule is CCCC/C(=C\[Si](OC)(OC)OC)C(=O)O. The minimum absolute atomic E-state index is 0.291. The van der Waals surface area contributed by atoms with Gasteiger partial charge in [0.25, 0.3) is 0 Å². The fourth-order valence-electron chi connectivity index (χ4n) is 1.25. The first-order chi connectivity index (χ1) is 7.55. The fraction of sp³-hybridized carbons (Fsp3) is 0.700. The first kappa shape index (κ1) is 15.3. The van der Waals surface area contributed by atoms with Crippen molar-refractivity contribution in [2.45, 2.75) is 26.2 Å². The van der Waals surface area contributed by atoms with Crippen molar-refractivity contribution in [3.63, 3.8) is 0 Å². The van der Waals surface area contributed by atoms with Crippen LogP contribution in [-0.2, 0) is 18.1 Å². The normalized spacial score (nSPS) is 12.9. The van der Waals surface area contributed by atoms with E-state index >= 15 is 0 Å². The average Bonchev–Trinajstić information content (AvgIpc) is 2.30. The molecule has 0 aromatic rings. The summed E-state index contributed by atoms with van der Waals surface area (Å²) in [5, 5.41) is 9.04. The quantitative estimate of drug-likeness (QED) is 0.522. The highest BCUT2D eigenvalue weighted by molar-refractivity contribution is 6.66. The second-order valence-corrected chi connectivity index (χ2v) is 6.01. The monoisotopic (exact) mass is 248 g/mol. The van der Waals surface area contributed by atoms with Gasteiger partial charge in [0.2, 0.25) is 0 Å². The number of carbonyl (C=O) groups is 1. The zero-order chi connectivity index (χ0) is 12.6. The van der Waals surface area contributed by atoms with Gasteiger partial charge in [-0.15, -0.1) is 0 Å². The maximum Gasteiger partial charge on any atom is 0.529 e. The van der Waals surface area contributed by atoms with Crippen molar-refractivity contribution in [3.8, 4) is 0 Å². The molecule has 5 nitrogen and oxygen atoms in total. The number of hydrogen-bond acceptors (Lipinski definition) is 4. The molecule has 0 aromatic heterocycles. The second-order valence-electron chi connectivity index (χ2n) is 3.29. The predicted octanol–water partition coefficient (Wildman–Crippen LogP) is 1.60. The number of unbranched alkanes of at least 4 members (excludes halogenated alkanes) is 1. The van der Waals surface area contributed by atoms with Gasteiger partial charge in [-0.1, -0.05) is 13.3 Å². The largest absolute Gasteiger partial charge is 0.529 e. The molecule has 0 aliphatic rings. The molecule has 0 unspecified atom stereocenters. The Morgan fingerprint density at radius 1 is 1.25 bits per heavy atom. The molecule has 0 aliphatic carbocycles. The van der Waals surface area contributed by atoms with Crippen molar-refractivity contribution in [1.29, 1.82) is 0 Å². The summed E-state index contributed by atoms with van der Waals surface area (Å²) in [5.74, 6) is -0.948. The van der Waals surface area contributed by atoms with E-state index in [0.717, 1.165) is 12.8 Å². The predicted molar refractivity (Wildman–Crippen MR) is 62.0 cm³/mol. The van der Waals surface area contributed by atoms with Gasteiger partial charge >= 0.3 is 14.8 Å². The van der Waals surface area contributed by atoms with Gasteiger partial charge in [-0.05, 0) is 18.5 Å². The van der Waals surface area contributed by atoms with Crippen molar-refractivity contribution >= 4 is 14.8 Å². The Morgan fingerprint density at radius 3 is 2.06 bits per heavy atom. The van der Waals surface area contributed by atoms with Crippen LogP contribution in [0.15, 0.2) is 11.3 Å². The number of aliphatic carboxylic acids is 1. The standard InChI is InChI=1S/C10H20O5Si/c1-5-6-7-9(10(11)12)8-16(13-2,14-3)15-4/h8H,5-7H2,1-4H3,(H,11,12)/b9-8+. The van der Waals surface area contributed by atoms with Crippen LogP contribution in [0.3, 0.4) is 0 Å². The van der Waals surface area contributed by atoms with E-state index in [4.69, 9.17) is 18.4 Å². The molecular formula is C10H20O5Si. The third-order valence-electron chi connectivity index (χ3n) is 2.28. The van der Waals surface area contributed by atoms with E-state index in [2.05, 4.69) is 0 Å². The Balaban J connectivity index is 4.91. The lowest BCUT2D eigenvalue weighted by Crippen LogP contribution is -2.41. The van der Waals surface area contributed by atoms with Crippen molar-refractivity contribution in [1.82, 2.24) is 0 Å². The smallest absolute Gasteiger partial charge is 0.478 e. The van der Waals surface area contributed by atoms with E-state index in [-0.39, 0.29) is 0 Å². The van der Waals surface area contributed by atoms with Crippen LogP contribution in [0.1, 0.15) is 26.2 Å². The zero-order valence-corrected chi connectivity index (χ0v) is 11.3. The van der Waals surface area contributed by atoms with Gasteiger partial charge in [-0.2, -0.15) is 0 Å². The Labute approximate surface area is 97.4 Å². The minimum atomic E-state index is -2.94. The summed E-state index contributed by atoms with van der Waals surface area (Å²) < 4.78 is 15.5. The molecule has 6 heteroatoms. The van der Waals surface area contributed by atoms with Crippen LogP contribution >= 0.6 is 0 Å². The van der Waals surface area contributed by atoms with E-state index in [1.807, 2.05) is 6.92 Å². The molecule has 0 aliphatic heterocycles. The number of rotatable bonds is 8. The van der Waals surface area contributed by atoms with Crippen molar-refractivity contribution in [2.24, 2.45) is 0 Å². The molecule has 0 spiro atoms. The third-order valence-corrected chi connectivity index (χ3v) is 4.69. The van der Waals surface area contributed by atoms with Gasteiger partial charge in [0.1, 0.15) is 0 Å². The Kier molecular flexibility index (Phi) is 7.23. The third kappa shape index (κ3) is 4.44. The molecule has 0 heterocycles.